The molecule has 2 N–H and O–H groups in total. The molecule has 0 saturated carbocycles. The summed E-state index contributed by atoms with van der Waals surface area (Å²) in [5.41, 5.74) is -1.54. The van der Waals surface area contributed by atoms with E-state index in [2.05, 4.69) is 15.3 Å². The number of aromatic nitrogens is 2. The summed E-state index contributed by atoms with van der Waals surface area (Å²) in [4.78, 5) is 31.3. The van der Waals surface area contributed by atoms with E-state index in [4.69, 9.17) is 4.74 Å². The number of hydrogen-bond acceptors (Lipinski definition) is 4. The number of hydrogen-bond donors (Lipinski definition) is 2. The SMILES string of the molecule is O=C(NC1(c2ccc(C(F)(F)F)cc2)CCOc2cccnc21)c1cc[nH]c(=O)c1. The van der Waals surface area contributed by atoms with E-state index in [0.717, 1.165) is 18.2 Å². The molecule has 1 aliphatic heterocycles. The standard InChI is InChI=1S/C21H16F3N3O3/c22-21(23,24)15-5-3-14(4-6-15)20(8-11-30-16-2-1-9-26-18(16)20)27-19(29)13-7-10-25-17(28)12-13/h1-7,9-10,12H,8,11H2,(H,25,28)(H,27,29). The highest BCUT2D eigenvalue weighted by molar-refractivity contribution is 5.95. The Morgan fingerprint density at radius 2 is 1.93 bits per heavy atom. The Morgan fingerprint density at radius 3 is 2.63 bits per heavy atom. The van der Waals surface area contributed by atoms with Crippen LogP contribution < -0.4 is 15.6 Å². The van der Waals surface area contributed by atoms with Crippen molar-refractivity contribution in [1.29, 1.82) is 0 Å². The molecule has 1 amide bonds. The molecule has 1 atom stereocenters. The van der Waals surface area contributed by atoms with E-state index in [1.165, 1.54) is 30.6 Å². The number of aromatic amines is 1. The van der Waals surface area contributed by atoms with Gasteiger partial charge in [0.25, 0.3) is 5.91 Å². The highest BCUT2D eigenvalue weighted by Crippen LogP contribution is 2.41. The van der Waals surface area contributed by atoms with Gasteiger partial charge in [-0.2, -0.15) is 13.2 Å². The Morgan fingerprint density at radius 1 is 1.17 bits per heavy atom. The highest BCUT2D eigenvalue weighted by atomic mass is 19.4. The van der Waals surface area contributed by atoms with E-state index >= 15 is 0 Å². The quantitative estimate of drug-likeness (QED) is 0.688. The van der Waals surface area contributed by atoms with Gasteiger partial charge in [0.1, 0.15) is 17.0 Å². The first-order chi connectivity index (χ1) is 14.3. The highest BCUT2D eigenvalue weighted by Gasteiger charge is 2.43. The molecular weight excluding hydrogens is 399 g/mol. The zero-order chi connectivity index (χ0) is 21.4. The number of ether oxygens (including phenoxy) is 1. The topological polar surface area (TPSA) is 84.1 Å². The van der Waals surface area contributed by atoms with Crippen molar-refractivity contribution in [3.63, 3.8) is 0 Å². The molecule has 0 radical (unpaired) electrons. The maximum Gasteiger partial charge on any atom is 0.416 e. The smallest absolute Gasteiger partial charge is 0.416 e. The van der Waals surface area contributed by atoms with Crippen LogP contribution in [-0.2, 0) is 11.7 Å². The zero-order valence-electron chi connectivity index (χ0n) is 15.5. The summed E-state index contributed by atoms with van der Waals surface area (Å²) in [6.45, 7) is 0.218. The monoisotopic (exact) mass is 415 g/mol. The van der Waals surface area contributed by atoms with Crippen LogP contribution in [0.2, 0.25) is 0 Å². The van der Waals surface area contributed by atoms with Gasteiger partial charge < -0.3 is 15.0 Å². The number of pyridine rings is 2. The minimum atomic E-state index is -4.48. The Balaban J connectivity index is 1.83. The van der Waals surface area contributed by atoms with E-state index in [0.29, 0.717) is 17.0 Å². The molecule has 2 aromatic heterocycles. The molecule has 1 aromatic carbocycles. The number of nitrogens with one attached hydrogen (secondary N) is 2. The van der Waals surface area contributed by atoms with Crippen LogP contribution in [0.15, 0.2) is 65.7 Å². The third-order valence-electron chi connectivity index (χ3n) is 4.98. The van der Waals surface area contributed by atoms with Gasteiger partial charge in [-0.05, 0) is 35.9 Å². The van der Waals surface area contributed by atoms with Crippen molar-refractivity contribution >= 4 is 5.91 Å². The van der Waals surface area contributed by atoms with Crippen molar-refractivity contribution in [3.8, 4) is 5.75 Å². The largest absolute Gasteiger partial charge is 0.491 e. The van der Waals surface area contributed by atoms with Crippen LogP contribution in [0, 0.1) is 0 Å². The van der Waals surface area contributed by atoms with Gasteiger partial charge in [0.2, 0.25) is 5.56 Å². The Bertz CT molecular complexity index is 1140. The molecule has 3 heterocycles. The molecule has 1 unspecified atom stereocenters. The fourth-order valence-corrected chi connectivity index (χ4v) is 3.53. The predicted octanol–water partition coefficient (Wildman–Crippen LogP) is 3.24. The number of carbonyl (C=O) groups is 1. The zero-order valence-corrected chi connectivity index (χ0v) is 15.5. The first kappa shape index (κ1) is 19.7. The van der Waals surface area contributed by atoms with Gasteiger partial charge in [0.15, 0.2) is 0 Å². The second-order valence-corrected chi connectivity index (χ2v) is 6.82. The van der Waals surface area contributed by atoms with Crippen LogP contribution in [0.5, 0.6) is 5.75 Å². The second-order valence-electron chi connectivity index (χ2n) is 6.82. The molecule has 0 spiro atoms. The van der Waals surface area contributed by atoms with Crippen molar-refractivity contribution in [1.82, 2.24) is 15.3 Å². The van der Waals surface area contributed by atoms with E-state index < -0.39 is 28.7 Å². The number of rotatable bonds is 3. The molecule has 30 heavy (non-hydrogen) atoms. The maximum absolute atomic E-state index is 13.0. The van der Waals surface area contributed by atoms with Gasteiger partial charge in [-0.25, -0.2) is 0 Å². The third kappa shape index (κ3) is 3.54. The van der Waals surface area contributed by atoms with Gasteiger partial charge in [0, 0.05) is 30.4 Å². The summed E-state index contributed by atoms with van der Waals surface area (Å²) < 4.78 is 44.7. The van der Waals surface area contributed by atoms with Crippen molar-refractivity contribution in [2.24, 2.45) is 0 Å². The maximum atomic E-state index is 13.0. The molecule has 0 fully saturated rings. The minimum Gasteiger partial charge on any atom is -0.491 e. The lowest BCUT2D eigenvalue weighted by Crippen LogP contribution is -2.50. The lowest BCUT2D eigenvalue weighted by Gasteiger charge is -2.39. The minimum absolute atomic E-state index is 0.119. The molecule has 0 saturated heterocycles. The van der Waals surface area contributed by atoms with Gasteiger partial charge in [-0.3, -0.25) is 14.6 Å². The molecule has 9 heteroatoms. The van der Waals surface area contributed by atoms with Crippen molar-refractivity contribution in [2.75, 3.05) is 6.61 Å². The molecule has 3 aromatic rings. The number of carbonyl (C=O) groups excluding carboxylic acids is 1. The van der Waals surface area contributed by atoms with Gasteiger partial charge in [-0.1, -0.05) is 12.1 Å². The fraction of sp³-hybridized carbons (Fsp3) is 0.190. The van der Waals surface area contributed by atoms with E-state index in [1.54, 1.807) is 12.1 Å². The van der Waals surface area contributed by atoms with Crippen LogP contribution in [0.1, 0.15) is 33.6 Å². The van der Waals surface area contributed by atoms with Crippen molar-refractivity contribution in [2.45, 2.75) is 18.1 Å². The van der Waals surface area contributed by atoms with Crippen LogP contribution in [0.25, 0.3) is 0 Å². The number of nitrogens with zero attached hydrogens (tertiary/aromatic N) is 1. The second kappa shape index (κ2) is 7.33. The third-order valence-corrected chi connectivity index (χ3v) is 4.98. The summed E-state index contributed by atoms with van der Waals surface area (Å²) in [7, 11) is 0. The lowest BCUT2D eigenvalue weighted by molar-refractivity contribution is -0.137. The van der Waals surface area contributed by atoms with Crippen LogP contribution in [-0.4, -0.2) is 22.5 Å². The average Bonchev–Trinajstić information content (AvgIpc) is 2.73. The van der Waals surface area contributed by atoms with Crippen molar-refractivity contribution < 1.29 is 22.7 Å². The van der Waals surface area contributed by atoms with Gasteiger partial charge >= 0.3 is 6.18 Å². The number of benzene rings is 1. The van der Waals surface area contributed by atoms with E-state index in [-0.39, 0.29) is 18.6 Å². The molecule has 4 rings (SSSR count). The molecule has 154 valence electrons. The van der Waals surface area contributed by atoms with Crippen LogP contribution in [0.3, 0.4) is 0 Å². The molecule has 0 bridgehead atoms. The van der Waals surface area contributed by atoms with Crippen molar-refractivity contribution in [3.05, 3.63) is 93.7 Å². The molecule has 1 aliphatic rings. The fourth-order valence-electron chi connectivity index (χ4n) is 3.53. The Hall–Kier alpha value is -3.62. The summed E-state index contributed by atoms with van der Waals surface area (Å²) >= 11 is 0. The van der Waals surface area contributed by atoms with Crippen LogP contribution >= 0.6 is 0 Å². The predicted molar refractivity (Wildman–Crippen MR) is 101 cm³/mol. The number of amides is 1. The number of fused-ring (bicyclic) bond motifs is 1. The Labute approximate surface area is 168 Å². The van der Waals surface area contributed by atoms with Gasteiger partial charge in [-0.15, -0.1) is 0 Å². The summed E-state index contributed by atoms with van der Waals surface area (Å²) in [6, 6.07) is 10.5. The van der Waals surface area contributed by atoms with Gasteiger partial charge in [0.05, 0.1) is 12.2 Å². The number of H-pyrrole nitrogens is 1. The van der Waals surface area contributed by atoms with E-state index in [1.807, 2.05) is 0 Å². The average molecular weight is 415 g/mol. The first-order valence-electron chi connectivity index (χ1n) is 9.07. The normalized spacial score (nSPS) is 18.2. The molecular formula is C21H16F3N3O3. The molecule has 0 aliphatic carbocycles. The summed E-state index contributed by atoms with van der Waals surface area (Å²) in [6.07, 6.45) is -1.37. The van der Waals surface area contributed by atoms with E-state index in [9.17, 15) is 22.8 Å². The molecule has 6 nitrogen and oxygen atoms in total. The van der Waals surface area contributed by atoms with Crippen LogP contribution in [0.4, 0.5) is 13.2 Å². The number of alkyl halides is 3. The summed E-state index contributed by atoms with van der Waals surface area (Å²) in [5.74, 6) is -0.130. The number of halogens is 3. The first-order valence-corrected chi connectivity index (χ1v) is 9.07. The lowest BCUT2D eigenvalue weighted by atomic mass is 9.81. The Kier molecular flexibility index (Phi) is 4.81. The summed E-state index contributed by atoms with van der Waals surface area (Å²) in [5, 5.41) is 2.89.